The summed E-state index contributed by atoms with van der Waals surface area (Å²) < 4.78 is 27.6. The zero-order valence-corrected chi connectivity index (χ0v) is 14.9. The molecule has 0 saturated heterocycles. The lowest BCUT2D eigenvalue weighted by molar-refractivity contribution is -0.119. The second-order valence-corrected chi connectivity index (χ2v) is 7.19. The van der Waals surface area contributed by atoms with E-state index in [2.05, 4.69) is 5.32 Å². The molecule has 7 nitrogen and oxygen atoms in total. The van der Waals surface area contributed by atoms with E-state index in [-0.39, 0.29) is 10.6 Å². The topological polar surface area (TPSA) is 116 Å². The van der Waals surface area contributed by atoms with Crippen LogP contribution in [0.4, 0.5) is 5.69 Å². The number of rotatable bonds is 5. The van der Waals surface area contributed by atoms with Crippen LogP contribution in [0, 0.1) is 0 Å². The number of halogens is 2. The zero-order valence-electron chi connectivity index (χ0n) is 12.5. The van der Waals surface area contributed by atoms with Gasteiger partial charge in [-0.1, -0.05) is 23.2 Å². The number of sulfonamides is 1. The third-order valence-corrected chi connectivity index (χ3v) is 4.58. The van der Waals surface area contributed by atoms with Gasteiger partial charge in [-0.25, -0.2) is 18.4 Å². The highest BCUT2D eigenvalue weighted by molar-refractivity contribution is 7.89. The summed E-state index contributed by atoms with van der Waals surface area (Å²) in [6, 6.07) is 9.79. The summed E-state index contributed by atoms with van der Waals surface area (Å²) in [6.45, 7) is -0.561. The van der Waals surface area contributed by atoms with Gasteiger partial charge in [0, 0.05) is 10.7 Å². The second kappa shape index (κ2) is 7.83. The van der Waals surface area contributed by atoms with Gasteiger partial charge in [0.2, 0.25) is 10.0 Å². The van der Waals surface area contributed by atoms with Gasteiger partial charge in [-0.3, -0.25) is 4.79 Å². The van der Waals surface area contributed by atoms with Crippen LogP contribution in [0.1, 0.15) is 10.4 Å². The molecule has 0 aromatic heterocycles. The van der Waals surface area contributed by atoms with Gasteiger partial charge >= 0.3 is 5.97 Å². The first-order chi connectivity index (χ1) is 11.7. The van der Waals surface area contributed by atoms with E-state index in [0.717, 1.165) is 6.07 Å². The van der Waals surface area contributed by atoms with Gasteiger partial charge in [0.25, 0.3) is 5.91 Å². The fourth-order valence-electron chi connectivity index (χ4n) is 1.79. The molecule has 0 fully saturated rings. The molecule has 0 radical (unpaired) electrons. The molecule has 3 N–H and O–H groups in total. The lowest BCUT2D eigenvalue weighted by Crippen LogP contribution is -2.21. The molecular weight excluding hydrogens is 391 g/mol. The van der Waals surface area contributed by atoms with E-state index in [9.17, 15) is 18.0 Å². The van der Waals surface area contributed by atoms with E-state index in [4.69, 9.17) is 33.1 Å². The van der Waals surface area contributed by atoms with Gasteiger partial charge in [-0.2, -0.15) is 0 Å². The minimum Gasteiger partial charge on any atom is -0.452 e. The standard InChI is InChI=1S/C15H12Cl2N2O5S/c16-10-2-4-11(5-3-10)19-14(20)8-24-15(21)9-1-6-12(17)13(7-9)25(18,22)23/h1-7H,8H2,(H,19,20)(H2,18,22,23). The van der Waals surface area contributed by atoms with Crippen LogP contribution in [0.15, 0.2) is 47.4 Å². The van der Waals surface area contributed by atoms with E-state index in [1.54, 1.807) is 24.3 Å². The van der Waals surface area contributed by atoms with Crippen molar-refractivity contribution in [2.45, 2.75) is 4.90 Å². The number of carbonyl (C=O) groups excluding carboxylic acids is 2. The highest BCUT2D eigenvalue weighted by Crippen LogP contribution is 2.22. The first kappa shape index (κ1) is 19.2. The molecule has 0 aliphatic heterocycles. The minimum absolute atomic E-state index is 0.104. The van der Waals surface area contributed by atoms with Crippen LogP contribution in [0.3, 0.4) is 0 Å². The van der Waals surface area contributed by atoms with Gasteiger partial charge in [0.1, 0.15) is 4.90 Å². The van der Waals surface area contributed by atoms with E-state index >= 15 is 0 Å². The zero-order chi connectivity index (χ0) is 18.6. The predicted octanol–water partition coefficient (Wildman–Crippen LogP) is 2.44. The lowest BCUT2D eigenvalue weighted by Gasteiger charge is -2.08. The molecule has 0 aliphatic rings. The fourth-order valence-corrected chi connectivity index (χ4v) is 2.99. The van der Waals surface area contributed by atoms with Crippen molar-refractivity contribution in [3.05, 3.63) is 58.1 Å². The molecular formula is C15H12Cl2N2O5S. The van der Waals surface area contributed by atoms with E-state index < -0.39 is 33.4 Å². The Bertz CT molecular complexity index is 914. The third-order valence-electron chi connectivity index (χ3n) is 2.94. The number of carbonyl (C=O) groups is 2. The van der Waals surface area contributed by atoms with E-state index in [0.29, 0.717) is 10.7 Å². The molecule has 25 heavy (non-hydrogen) atoms. The van der Waals surface area contributed by atoms with Crippen LogP contribution in [0.25, 0.3) is 0 Å². The summed E-state index contributed by atoms with van der Waals surface area (Å²) in [6.07, 6.45) is 0. The van der Waals surface area contributed by atoms with Crippen LogP contribution in [0.2, 0.25) is 10.0 Å². The first-order valence-electron chi connectivity index (χ1n) is 6.72. The molecule has 0 aliphatic carbocycles. The predicted molar refractivity (Wildman–Crippen MR) is 93.2 cm³/mol. The number of benzene rings is 2. The van der Waals surface area contributed by atoms with Crippen LogP contribution < -0.4 is 10.5 Å². The maximum Gasteiger partial charge on any atom is 0.338 e. The van der Waals surface area contributed by atoms with Gasteiger partial charge in [0.15, 0.2) is 6.61 Å². The molecule has 10 heteroatoms. The Hall–Kier alpha value is -2.13. The molecule has 1 amide bonds. The van der Waals surface area contributed by atoms with Crippen molar-refractivity contribution in [2.24, 2.45) is 5.14 Å². The van der Waals surface area contributed by atoms with Crippen molar-refractivity contribution in [3.63, 3.8) is 0 Å². The summed E-state index contributed by atoms with van der Waals surface area (Å²) >= 11 is 11.5. The van der Waals surface area contributed by atoms with E-state index in [1.807, 2.05) is 0 Å². The maximum absolute atomic E-state index is 11.9. The van der Waals surface area contributed by atoms with Crippen molar-refractivity contribution in [2.75, 3.05) is 11.9 Å². The number of anilines is 1. The Labute approximate surface area is 153 Å². The molecule has 0 unspecified atom stereocenters. The molecule has 0 spiro atoms. The van der Waals surface area contributed by atoms with Crippen molar-refractivity contribution >= 4 is 50.8 Å². The third kappa shape index (κ3) is 5.43. The van der Waals surface area contributed by atoms with Crippen molar-refractivity contribution in [1.82, 2.24) is 0 Å². The van der Waals surface area contributed by atoms with Gasteiger partial charge < -0.3 is 10.1 Å². The van der Waals surface area contributed by atoms with Crippen molar-refractivity contribution < 1.29 is 22.7 Å². The number of primary sulfonamides is 1. The number of nitrogens with one attached hydrogen (secondary N) is 1. The number of nitrogens with two attached hydrogens (primary N) is 1. The monoisotopic (exact) mass is 402 g/mol. The summed E-state index contributed by atoms with van der Waals surface area (Å²) in [5.41, 5.74) is 0.376. The highest BCUT2D eigenvalue weighted by atomic mass is 35.5. The number of esters is 1. The number of hydrogen-bond donors (Lipinski definition) is 2. The second-order valence-electron chi connectivity index (χ2n) is 4.82. The SMILES string of the molecule is NS(=O)(=O)c1cc(C(=O)OCC(=O)Nc2ccc(Cl)cc2)ccc1Cl. The van der Waals surface area contributed by atoms with E-state index in [1.165, 1.54) is 12.1 Å². The van der Waals surface area contributed by atoms with Gasteiger partial charge in [-0.15, -0.1) is 0 Å². The van der Waals surface area contributed by atoms with Crippen LogP contribution in [-0.4, -0.2) is 26.9 Å². The molecule has 0 bridgehead atoms. The molecule has 132 valence electrons. The molecule has 0 saturated carbocycles. The van der Waals surface area contributed by atoms with Crippen molar-refractivity contribution in [3.8, 4) is 0 Å². The highest BCUT2D eigenvalue weighted by Gasteiger charge is 2.17. The molecule has 0 atom stereocenters. The average Bonchev–Trinajstić information content (AvgIpc) is 2.54. The Morgan fingerprint density at radius 1 is 1.08 bits per heavy atom. The minimum atomic E-state index is -4.09. The number of hydrogen-bond acceptors (Lipinski definition) is 5. The Kier molecular flexibility index (Phi) is 6.02. The first-order valence-corrected chi connectivity index (χ1v) is 9.02. The normalized spacial score (nSPS) is 11.0. The molecule has 0 heterocycles. The maximum atomic E-state index is 11.9. The number of ether oxygens (including phenoxy) is 1. The quantitative estimate of drug-likeness (QED) is 0.744. The van der Waals surface area contributed by atoms with Crippen LogP contribution in [0.5, 0.6) is 0 Å². The molecule has 2 rings (SSSR count). The Morgan fingerprint density at radius 2 is 1.72 bits per heavy atom. The summed E-state index contributed by atoms with van der Waals surface area (Å²) in [5, 5.41) is 7.90. The van der Waals surface area contributed by atoms with Gasteiger partial charge in [-0.05, 0) is 42.5 Å². The smallest absolute Gasteiger partial charge is 0.338 e. The molecule has 2 aromatic carbocycles. The lowest BCUT2D eigenvalue weighted by atomic mass is 10.2. The van der Waals surface area contributed by atoms with Crippen molar-refractivity contribution in [1.29, 1.82) is 0 Å². The Balaban J connectivity index is 2.00. The summed E-state index contributed by atoms with van der Waals surface area (Å²) in [5.74, 6) is -1.47. The summed E-state index contributed by atoms with van der Waals surface area (Å²) in [7, 11) is -4.09. The molecule has 2 aromatic rings. The van der Waals surface area contributed by atoms with Crippen LogP contribution in [-0.2, 0) is 19.6 Å². The average molecular weight is 403 g/mol. The van der Waals surface area contributed by atoms with Crippen LogP contribution >= 0.6 is 23.2 Å². The number of amides is 1. The largest absolute Gasteiger partial charge is 0.452 e. The van der Waals surface area contributed by atoms with Gasteiger partial charge in [0.05, 0.1) is 10.6 Å². The summed E-state index contributed by atoms with van der Waals surface area (Å²) in [4.78, 5) is 23.3. The fraction of sp³-hybridized carbons (Fsp3) is 0.0667. The Morgan fingerprint density at radius 3 is 2.32 bits per heavy atom.